The van der Waals surface area contributed by atoms with E-state index in [9.17, 15) is 58.8 Å². The van der Waals surface area contributed by atoms with E-state index in [2.05, 4.69) is 20.9 Å². The minimum Gasteiger partial charge on any atom is -0.480 e. The predicted molar refractivity (Wildman–Crippen MR) is 183 cm³/mol. The first-order valence-corrected chi connectivity index (χ1v) is 15.9. The Balaban J connectivity index is 0.0000260. The molecule has 0 radical (unpaired) electrons. The summed E-state index contributed by atoms with van der Waals surface area (Å²) < 4.78 is 0. The molecule has 52 heavy (non-hydrogen) atoms. The number of guanidine groups is 1. The van der Waals surface area contributed by atoms with Crippen LogP contribution in [0, 0.1) is 0 Å². The van der Waals surface area contributed by atoms with Crippen molar-refractivity contribution in [2.45, 2.75) is 31.3 Å². The van der Waals surface area contributed by atoms with E-state index in [-0.39, 0.29) is 124 Å². The number of amides is 4. The number of aliphatic carboxylic acids is 4. The summed E-state index contributed by atoms with van der Waals surface area (Å²) in [6.45, 7) is -0.560. The zero-order valence-electron chi connectivity index (χ0n) is 28.8. The fourth-order valence-corrected chi connectivity index (χ4v) is 4.83. The first-order valence-electron chi connectivity index (χ1n) is 15.9. The predicted octanol–water partition coefficient (Wildman–Crippen LogP) is -6.82. The number of nitrogens with one attached hydrogen (secondary N) is 3. The second kappa shape index (κ2) is 25.6. The third kappa shape index (κ3) is 22.5. The maximum atomic E-state index is 12.8. The number of nitrogens with two attached hydrogens (primary N) is 3. The second-order valence-corrected chi connectivity index (χ2v) is 11.7. The molecule has 0 saturated carbocycles. The molecule has 1 aliphatic heterocycles. The van der Waals surface area contributed by atoms with E-state index in [1.165, 1.54) is 0 Å². The minimum absolute atomic E-state index is 0. The van der Waals surface area contributed by atoms with Gasteiger partial charge in [0.05, 0.1) is 45.2 Å². The Kier molecular flexibility index (Phi) is 23.5. The van der Waals surface area contributed by atoms with E-state index in [1.807, 2.05) is 0 Å². The Hall–Kier alpha value is -4.33. The van der Waals surface area contributed by atoms with Gasteiger partial charge in [0, 0.05) is 58.9 Å². The van der Waals surface area contributed by atoms with Gasteiger partial charge in [-0.15, -0.1) is 0 Å². The maximum absolute atomic E-state index is 12.8. The average Bonchev–Trinajstić information content (AvgIpc) is 3.01. The van der Waals surface area contributed by atoms with Crippen molar-refractivity contribution in [1.82, 2.24) is 35.6 Å². The molecule has 0 spiro atoms. The second-order valence-electron chi connectivity index (χ2n) is 11.7. The number of carboxylic acid groups (broad SMARTS) is 4. The van der Waals surface area contributed by atoms with Gasteiger partial charge in [-0.2, -0.15) is 0 Å². The van der Waals surface area contributed by atoms with Crippen LogP contribution in [0.5, 0.6) is 0 Å². The fraction of sp³-hybridized carbons (Fsp3) is 0.679. The van der Waals surface area contributed by atoms with E-state index in [0.717, 1.165) is 0 Å². The SMILES string of the molecule is NC(N)=NCCC[C@H](NC(=O)CNC(=O)[C@@H](N)CC(=O)NC(=O)CN1CCN(CC(=O)O)CCN(CC(=O)O)CCN(CC(=O)O)CC1)C(=O)O.[68Ga+3]. The van der Waals surface area contributed by atoms with Gasteiger partial charge in [-0.1, -0.05) is 0 Å². The van der Waals surface area contributed by atoms with Crippen LogP contribution in [-0.4, -0.2) is 217 Å². The third-order valence-corrected chi connectivity index (χ3v) is 7.40. The third-order valence-electron chi connectivity index (χ3n) is 7.40. The molecule has 24 heteroatoms. The van der Waals surface area contributed by atoms with Gasteiger partial charge >= 0.3 is 43.7 Å². The summed E-state index contributed by atoms with van der Waals surface area (Å²) in [5, 5.41) is 43.8. The molecule has 4 amide bonds. The van der Waals surface area contributed by atoms with Crippen molar-refractivity contribution in [1.29, 1.82) is 0 Å². The molecule has 0 aromatic heterocycles. The summed E-state index contributed by atoms with van der Waals surface area (Å²) in [6.07, 6.45) is -0.391. The number of rotatable bonds is 19. The van der Waals surface area contributed by atoms with Gasteiger partial charge < -0.3 is 48.3 Å². The zero-order valence-corrected chi connectivity index (χ0v) is 31.2. The van der Waals surface area contributed by atoms with Gasteiger partial charge in [0.1, 0.15) is 6.04 Å². The van der Waals surface area contributed by atoms with Crippen LogP contribution in [0.15, 0.2) is 4.99 Å². The summed E-state index contributed by atoms with van der Waals surface area (Å²) in [6, 6.07) is -2.75. The Morgan fingerprint density at radius 3 is 1.46 bits per heavy atom. The Labute approximate surface area is 312 Å². The molecule has 23 nitrogen and oxygen atoms in total. The maximum Gasteiger partial charge on any atom is 3.00 e. The van der Waals surface area contributed by atoms with E-state index in [1.54, 1.807) is 19.6 Å². The molecule has 1 heterocycles. The molecule has 0 unspecified atom stereocenters. The summed E-state index contributed by atoms with van der Waals surface area (Å²) in [5.74, 6) is -8.25. The molecular formula is C28H49GaN11O12+3. The molecule has 2 atom stereocenters. The van der Waals surface area contributed by atoms with Crippen LogP contribution in [0.1, 0.15) is 19.3 Å². The first-order chi connectivity index (χ1) is 23.9. The molecule has 13 N–H and O–H groups in total. The Bertz CT molecular complexity index is 1240. The number of aliphatic imine (C=N–C) groups is 1. The van der Waals surface area contributed by atoms with Crippen molar-refractivity contribution in [3.63, 3.8) is 0 Å². The number of imide groups is 1. The normalized spacial score (nSPS) is 16.3. The molecule has 1 rings (SSSR count). The van der Waals surface area contributed by atoms with Crippen molar-refractivity contribution in [2.24, 2.45) is 22.2 Å². The van der Waals surface area contributed by atoms with Gasteiger partial charge in [0.25, 0.3) is 0 Å². The Morgan fingerprint density at radius 1 is 0.654 bits per heavy atom. The van der Waals surface area contributed by atoms with Crippen LogP contribution in [-0.2, 0) is 38.4 Å². The number of carbonyl (C=O) groups is 8. The van der Waals surface area contributed by atoms with Gasteiger partial charge in [-0.05, 0) is 12.8 Å². The number of hydrogen-bond acceptors (Lipinski definition) is 14. The van der Waals surface area contributed by atoms with Crippen LogP contribution >= 0.6 is 0 Å². The van der Waals surface area contributed by atoms with Crippen molar-refractivity contribution < 1.29 is 58.8 Å². The number of nitrogens with zero attached hydrogens (tertiary/aromatic N) is 5. The summed E-state index contributed by atoms with van der Waals surface area (Å²) in [5.41, 5.74) is 16.2. The fourth-order valence-electron chi connectivity index (χ4n) is 4.83. The van der Waals surface area contributed by atoms with E-state index in [4.69, 9.17) is 17.2 Å². The average molecular weight is 800 g/mol. The largest absolute Gasteiger partial charge is 3.00 e. The van der Waals surface area contributed by atoms with Crippen LogP contribution < -0.4 is 33.2 Å². The first kappa shape index (κ1) is 47.7. The van der Waals surface area contributed by atoms with Crippen molar-refractivity contribution >= 4 is 73.3 Å². The van der Waals surface area contributed by atoms with Crippen molar-refractivity contribution in [2.75, 3.05) is 91.6 Å². The van der Waals surface area contributed by atoms with Gasteiger partial charge in [0.2, 0.25) is 23.6 Å². The molecule has 0 aromatic rings. The van der Waals surface area contributed by atoms with Gasteiger partial charge in [-0.25, -0.2) is 4.79 Å². The standard InChI is InChI=1S/C28H49N11O12.Ga/c29-18(26(49)33-13-21(41)34-19(27(50)51)2-1-3-32-28(30)31)12-20(40)35-22(42)14-36-4-6-37(15-23(43)44)8-10-39(17-25(47)48)11-9-38(7-5-36)16-24(45)46;/h18-19H,1-17,29H2,(H,33,49)(H,34,41)(H,43,44)(H,45,46)(H,47,48)(H,50,51)(H4,30,31,32)(H,35,40,42);/q;+3/t18-,19-;/m0./s1/i;1-2. The van der Waals surface area contributed by atoms with Crippen molar-refractivity contribution in [3.05, 3.63) is 0 Å². The van der Waals surface area contributed by atoms with E-state index < -0.39 is 72.6 Å². The molecule has 0 bridgehead atoms. The molecule has 1 aliphatic rings. The van der Waals surface area contributed by atoms with Gasteiger partial charge in [0.15, 0.2) is 5.96 Å². The van der Waals surface area contributed by atoms with Crippen LogP contribution in [0.3, 0.4) is 0 Å². The molecule has 288 valence electrons. The monoisotopic (exact) mass is 799 g/mol. The summed E-state index contributed by atoms with van der Waals surface area (Å²) >= 11 is 0. The van der Waals surface area contributed by atoms with Gasteiger partial charge in [-0.3, -0.25) is 63.5 Å². The summed E-state index contributed by atoms with van der Waals surface area (Å²) in [7, 11) is 0. The zero-order chi connectivity index (χ0) is 38.5. The topological polar surface area (TPSA) is 357 Å². The van der Waals surface area contributed by atoms with E-state index in [0.29, 0.717) is 0 Å². The number of hydrogen-bond donors (Lipinski definition) is 10. The molecule has 1 saturated heterocycles. The summed E-state index contributed by atoms with van der Waals surface area (Å²) in [4.78, 5) is 106. The Morgan fingerprint density at radius 2 is 1.08 bits per heavy atom. The number of carbonyl (C=O) groups excluding carboxylic acids is 4. The minimum atomic E-state index is -1.48. The van der Waals surface area contributed by atoms with E-state index >= 15 is 0 Å². The quantitative estimate of drug-likeness (QED) is 0.0251. The molecule has 1 fully saturated rings. The van der Waals surface area contributed by atoms with Crippen LogP contribution in [0.2, 0.25) is 0 Å². The number of carboxylic acids is 4. The van der Waals surface area contributed by atoms with Crippen molar-refractivity contribution in [3.8, 4) is 0 Å². The van der Waals surface area contributed by atoms with Crippen LogP contribution in [0.25, 0.3) is 0 Å². The van der Waals surface area contributed by atoms with Crippen LogP contribution in [0.4, 0.5) is 0 Å². The molecule has 0 aliphatic carbocycles. The smallest absolute Gasteiger partial charge is 0.480 e. The molecule has 0 aromatic carbocycles. The molecular weight excluding hydrogens is 750 g/mol.